The van der Waals surface area contributed by atoms with Gasteiger partial charge in [-0.15, -0.1) is 23.7 Å². The fraction of sp³-hybridized carbons (Fsp3) is 0.643. The average molecular weight is 398 g/mol. The smallest absolute Gasteiger partial charge is 0.335 e. The second-order valence-corrected chi connectivity index (χ2v) is 6.50. The number of carboxylic acid groups (broad SMARTS) is 2. The summed E-state index contributed by atoms with van der Waals surface area (Å²) in [4.78, 5) is 25.3. The molecule has 0 saturated heterocycles. The van der Waals surface area contributed by atoms with E-state index in [0.717, 1.165) is 24.5 Å². The molecule has 11 heteroatoms. The van der Waals surface area contributed by atoms with Crippen LogP contribution < -0.4 is 11.1 Å². The molecule has 1 heterocycles. The number of aromatic nitrogens is 1. The number of aryl methyl sites for hydroxylation is 1. The van der Waals surface area contributed by atoms with E-state index >= 15 is 0 Å². The number of hydrogen-bond donors (Lipinski definition) is 6. The molecule has 0 fully saturated rings. The minimum Gasteiger partial charge on any atom is -0.479 e. The minimum atomic E-state index is -2.27. The number of nitrogens with one attached hydrogen (secondary N) is 1. The molecule has 0 bridgehead atoms. The number of hydrogen-bond acceptors (Lipinski definition) is 8. The largest absolute Gasteiger partial charge is 0.479 e. The van der Waals surface area contributed by atoms with Crippen LogP contribution in [0.1, 0.15) is 30.3 Å². The van der Waals surface area contributed by atoms with Crippen LogP contribution in [0.15, 0.2) is 0 Å². The summed E-state index contributed by atoms with van der Waals surface area (Å²) in [5.41, 5.74) is 6.93. The molecule has 0 amide bonds. The van der Waals surface area contributed by atoms with Gasteiger partial charge in [-0.25, -0.2) is 14.6 Å². The number of thiazole rings is 1. The first-order chi connectivity index (χ1) is 11.3. The maximum absolute atomic E-state index is 9.77. The molecular formula is C14H24ClN3O6S. The highest BCUT2D eigenvalue weighted by molar-refractivity contribution is 7.15. The fourth-order valence-electron chi connectivity index (χ4n) is 2.19. The predicted octanol–water partition coefficient (Wildman–Crippen LogP) is -0.119. The summed E-state index contributed by atoms with van der Waals surface area (Å²) < 4.78 is 0. The van der Waals surface area contributed by atoms with E-state index in [-0.39, 0.29) is 12.4 Å². The van der Waals surface area contributed by atoms with Gasteiger partial charge in [0, 0.05) is 10.9 Å². The lowest BCUT2D eigenvalue weighted by Crippen LogP contribution is -2.39. The second kappa shape index (κ2) is 11.2. The molecule has 1 aliphatic carbocycles. The Balaban J connectivity index is 0.000000471. The summed E-state index contributed by atoms with van der Waals surface area (Å²) in [6.45, 7) is 3.32. The number of fused-ring (bicyclic) bond motifs is 1. The number of aliphatic hydroxyl groups is 2. The monoisotopic (exact) mass is 397 g/mol. The molecule has 3 atom stereocenters. The van der Waals surface area contributed by atoms with Crippen molar-refractivity contribution < 1.29 is 30.0 Å². The van der Waals surface area contributed by atoms with Gasteiger partial charge in [-0.05, 0) is 32.2 Å². The number of aliphatic hydroxyl groups excluding tert-OH is 2. The molecule has 7 N–H and O–H groups in total. The lowest BCUT2D eigenvalue weighted by molar-refractivity contribution is -0.165. The van der Waals surface area contributed by atoms with Crippen LogP contribution in [-0.2, 0) is 22.4 Å². The molecule has 1 aromatic rings. The van der Waals surface area contributed by atoms with Crippen molar-refractivity contribution in [2.75, 3.05) is 12.3 Å². The van der Waals surface area contributed by atoms with E-state index in [2.05, 4.69) is 17.2 Å². The zero-order valence-corrected chi connectivity index (χ0v) is 15.3. The molecule has 0 aliphatic heterocycles. The number of halogens is 1. The zero-order valence-electron chi connectivity index (χ0n) is 13.7. The van der Waals surface area contributed by atoms with Crippen LogP contribution in [0.2, 0.25) is 0 Å². The van der Waals surface area contributed by atoms with E-state index in [1.165, 1.54) is 23.4 Å². The van der Waals surface area contributed by atoms with E-state index in [9.17, 15) is 9.59 Å². The van der Waals surface area contributed by atoms with Crippen LogP contribution in [0, 0.1) is 0 Å². The van der Waals surface area contributed by atoms with E-state index in [1.54, 1.807) is 11.3 Å². The van der Waals surface area contributed by atoms with E-state index in [1.807, 2.05) is 0 Å². The van der Waals surface area contributed by atoms with Crippen LogP contribution in [0.25, 0.3) is 0 Å². The number of nitrogens with zero attached hydrogens (tertiary/aromatic N) is 1. The van der Waals surface area contributed by atoms with Gasteiger partial charge in [-0.3, -0.25) is 0 Å². The van der Waals surface area contributed by atoms with Gasteiger partial charge in [0.05, 0.1) is 5.69 Å². The number of nitrogen functional groups attached to an aromatic ring is 1. The van der Waals surface area contributed by atoms with Crippen molar-refractivity contribution in [3.63, 3.8) is 0 Å². The maximum Gasteiger partial charge on any atom is 0.335 e. The topological polar surface area (TPSA) is 166 Å². The van der Waals surface area contributed by atoms with Crippen molar-refractivity contribution in [3.05, 3.63) is 10.6 Å². The number of carbonyl (C=O) groups is 2. The van der Waals surface area contributed by atoms with Gasteiger partial charge >= 0.3 is 11.9 Å². The Labute approximate surface area is 155 Å². The van der Waals surface area contributed by atoms with Crippen molar-refractivity contribution in [3.8, 4) is 0 Å². The third kappa shape index (κ3) is 7.53. The fourth-order valence-corrected chi connectivity index (χ4v) is 3.15. The molecule has 0 spiro atoms. The molecule has 0 aromatic carbocycles. The first-order valence-electron chi connectivity index (χ1n) is 7.55. The predicted molar refractivity (Wildman–Crippen MR) is 95.2 cm³/mol. The standard InChI is InChI=1S/C10H17N3S.C4H6O6.ClH/c1-2-5-12-7-3-4-8-9(6-7)14-10(11)13-8;5-1(3(7)8)2(6)4(9)10;/h7,12H,2-6H2,1H3,(H2,11,13);1-2,5-6H,(H,7,8)(H,9,10);1H/t7-;1-,2-;/m11./s1. The maximum atomic E-state index is 9.77. The number of rotatable bonds is 6. The van der Waals surface area contributed by atoms with Gasteiger partial charge in [-0.2, -0.15) is 0 Å². The minimum absolute atomic E-state index is 0. The Hall–Kier alpha value is -1.46. The van der Waals surface area contributed by atoms with Crippen LogP contribution in [0.3, 0.4) is 0 Å². The van der Waals surface area contributed by atoms with E-state index in [0.29, 0.717) is 6.04 Å². The van der Waals surface area contributed by atoms with Crippen LogP contribution >= 0.6 is 23.7 Å². The van der Waals surface area contributed by atoms with Gasteiger partial charge in [-0.1, -0.05) is 6.92 Å². The number of aliphatic carboxylic acids is 2. The molecule has 2 rings (SSSR count). The lowest BCUT2D eigenvalue weighted by Gasteiger charge is -2.21. The van der Waals surface area contributed by atoms with Gasteiger partial charge in [0.15, 0.2) is 17.3 Å². The van der Waals surface area contributed by atoms with Crippen molar-refractivity contribution in [2.45, 2.75) is 50.9 Å². The Kier molecular flexibility index (Phi) is 10.6. The lowest BCUT2D eigenvalue weighted by atomic mass is 9.98. The van der Waals surface area contributed by atoms with Crippen molar-refractivity contribution in [1.82, 2.24) is 10.3 Å². The molecule has 25 heavy (non-hydrogen) atoms. The molecule has 9 nitrogen and oxygen atoms in total. The third-order valence-corrected chi connectivity index (χ3v) is 4.39. The second-order valence-electron chi connectivity index (χ2n) is 5.38. The third-order valence-electron chi connectivity index (χ3n) is 3.44. The first-order valence-corrected chi connectivity index (χ1v) is 8.37. The van der Waals surface area contributed by atoms with Crippen LogP contribution in [-0.4, -0.2) is 62.1 Å². The number of nitrogens with two attached hydrogens (primary N) is 1. The van der Waals surface area contributed by atoms with Gasteiger partial charge in [0.25, 0.3) is 0 Å². The Bertz CT molecular complexity index is 553. The molecule has 1 aromatic heterocycles. The van der Waals surface area contributed by atoms with Gasteiger partial charge in [0.1, 0.15) is 0 Å². The summed E-state index contributed by atoms with van der Waals surface area (Å²) in [6.07, 6.45) is 0.0777. The van der Waals surface area contributed by atoms with Gasteiger partial charge < -0.3 is 31.5 Å². The molecule has 1 aliphatic rings. The van der Waals surface area contributed by atoms with Crippen molar-refractivity contribution in [1.29, 1.82) is 0 Å². The van der Waals surface area contributed by atoms with Crippen LogP contribution in [0.5, 0.6) is 0 Å². The molecule has 0 unspecified atom stereocenters. The molecule has 0 saturated carbocycles. The summed E-state index contributed by atoms with van der Waals surface area (Å²) >= 11 is 1.65. The normalized spacial score (nSPS) is 18.0. The zero-order chi connectivity index (χ0) is 18.3. The molecular weight excluding hydrogens is 374 g/mol. The van der Waals surface area contributed by atoms with E-state index in [4.69, 9.17) is 26.2 Å². The Morgan fingerprint density at radius 1 is 1.32 bits per heavy atom. The quantitative estimate of drug-likeness (QED) is 0.383. The van der Waals surface area contributed by atoms with Crippen molar-refractivity contribution >= 4 is 40.8 Å². The van der Waals surface area contributed by atoms with E-state index < -0.39 is 24.1 Å². The molecule has 0 radical (unpaired) electrons. The Morgan fingerprint density at radius 2 is 1.88 bits per heavy atom. The summed E-state index contributed by atoms with van der Waals surface area (Å²) in [5, 5.41) is 36.8. The number of anilines is 1. The SMILES string of the molecule is CCCN[C@@H]1CCc2nc(N)sc2C1.Cl.O=C(O)[C@H](O)[C@@H](O)C(=O)O. The highest BCUT2D eigenvalue weighted by atomic mass is 35.5. The summed E-state index contributed by atoms with van der Waals surface area (Å²) in [6, 6.07) is 0.641. The highest BCUT2D eigenvalue weighted by Gasteiger charge is 2.29. The Morgan fingerprint density at radius 3 is 2.36 bits per heavy atom. The highest BCUT2D eigenvalue weighted by Crippen LogP contribution is 2.27. The first kappa shape index (κ1) is 23.5. The van der Waals surface area contributed by atoms with Crippen molar-refractivity contribution in [2.24, 2.45) is 0 Å². The average Bonchev–Trinajstić information content (AvgIpc) is 2.91. The van der Waals surface area contributed by atoms with Gasteiger partial charge in [0.2, 0.25) is 0 Å². The van der Waals surface area contributed by atoms with Crippen LogP contribution in [0.4, 0.5) is 5.13 Å². The number of carboxylic acids is 2. The summed E-state index contributed by atoms with van der Waals surface area (Å²) in [5.74, 6) is -3.54. The molecule has 144 valence electrons. The summed E-state index contributed by atoms with van der Waals surface area (Å²) in [7, 11) is 0.